The molecule has 4 nitrogen and oxygen atoms in total. The van der Waals surface area contributed by atoms with Crippen LogP contribution in [0.2, 0.25) is 0 Å². The second kappa shape index (κ2) is 6.91. The van der Waals surface area contributed by atoms with Crippen molar-refractivity contribution in [2.45, 2.75) is 38.1 Å². The number of hydrogen-bond donors (Lipinski definition) is 0. The van der Waals surface area contributed by atoms with Crippen molar-refractivity contribution >= 4 is 5.97 Å². The summed E-state index contributed by atoms with van der Waals surface area (Å²) in [5.41, 5.74) is 0.600. The van der Waals surface area contributed by atoms with Crippen LogP contribution in [0, 0.1) is 5.92 Å². The Morgan fingerprint density at radius 2 is 1.87 bits per heavy atom. The summed E-state index contributed by atoms with van der Waals surface area (Å²) in [6.45, 7) is 3.13. The summed E-state index contributed by atoms with van der Waals surface area (Å²) < 4.78 is 12.0. The second-order valence-electron chi connectivity index (χ2n) is 7.22. The fraction of sp³-hybridized carbons (Fsp3) is 0.632. The van der Waals surface area contributed by atoms with Crippen LogP contribution in [0.1, 0.15) is 42.5 Å². The molecule has 0 aromatic heterocycles. The third kappa shape index (κ3) is 3.52. The summed E-state index contributed by atoms with van der Waals surface area (Å²) >= 11 is 0. The number of quaternary nitrogens is 1. The second-order valence-corrected chi connectivity index (χ2v) is 7.22. The molecule has 23 heavy (non-hydrogen) atoms. The van der Waals surface area contributed by atoms with Gasteiger partial charge in [-0.15, -0.1) is 0 Å². The predicted molar refractivity (Wildman–Crippen MR) is 89.6 cm³/mol. The fourth-order valence-electron chi connectivity index (χ4n) is 4.42. The fourth-order valence-corrected chi connectivity index (χ4v) is 4.42. The lowest BCUT2D eigenvalue weighted by atomic mass is 9.82. The van der Waals surface area contributed by atoms with Crippen molar-refractivity contribution in [3.8, 4) is 5.75 Å². The van der Waals surface area contributed by atoms with Gasteiger partial charge in [0.2, 0.25) is 0 Å². The SMILES string of the molecule is COc1ccc(C(=O)OC[C@H]2CCC[N+]3(C)CCCC[C@H]23)cc1. The zero-order valence-corrected chi connectivity index (χ0v) is 14.3. The molecular formula is C19H28NO3+. The Morgan fingerprint density at radius 1 is 1.13 bits per heavy atom. The van der Waals surface area contributed by atoms with E-state index in [1.165, 1.54) is 49.7 Å². The normalized spacial score (nSPS) is 30.3. The van der Waals surface area contributed by atoms with Gasteiger partial charge in [0.15, 0.2) is 0 Å². The Balaban J connectivity index is 1.59. The largest absolute Gasteiger partial charge is 0.497 e. The van der Waals surface area contributed by atoms with Gasteiger partial charge in [-0.05, 0) is 49.9 Å². The molecule has 2 aliphatic heterocycles. The van der Waals surface area contributed by atoms with Gasteiger partial charge in [0.1, 0.15) is 12.4 Å². The van der Waals surface area contributed by atoms with E-state index in [9.17, 15) is 4.79 Å². The Kier molecular flexibility index (Phi) is 4.90. The standard InChI is InChI=1S/C19H28NO3/c1-20-12-4-3-7-18(20)16(6-5-13-20)14-23-19(21)15-8-10-17(22-2)11-9-15/h8-11,16,18H,3-7,12-14H2,1-2H3/q+1/t16-,18-,20?/m1/s1. The molecular weight excluding hydrogens is 290 g/mol. The first-order chi connectivity index (χ1) is 11.1. The first kappa shape index (κ1) is 16.3. The van der Waals surface area contributed by atoms with E-state index in [0.717, 1.165) is 5.75 Å². The highest BCUT2D eigenvalue weighted by molar-refractivity contribution is 5.89. The number of carbonyl (C=O) groups excluding carboxylic acids is 1. The monoisotopic (exact) mass is 318 g/mol. The average Bonchev–Trinajstić information content (AvgIpc) is 2.59. The van der Waals surface area contributed by atoms with Crippen molar-refractivity contribution in [2.24, 2.45) is 5.92 Å². The molecule has 2 saturated heterocycles. The zero-order valence-electron chi connectivity index (χ0n) is 14.3. The van der Waals surface area contributed by atoms with E-state index < -0.39 is 0 Å². The van der Waals surface area contributed by atoms with Crippen molar-refractivity contribution in [3.05, 3.63) is 29.8 Å². The van der Waals surface area contributed by atoms with Crippen LogP contribution >= 0.6 is 0 Å². The molecule has 1 aromatic carbocycles. The van der Waals surface area contributed by atoms with Crippen LogP contribution in [0.3, 0.4) is 0 Å². The van der Waals surface area contributed by atoms with Crippen LogP contribution in [-0.4, -0.2) is 50.3 Å². The smallest absolute Gasteiger partial charge is 0.338 e. The Labute approximate surface area is 139 Å². The molecule has 1 aromatic rings. The molecule has 0 aliphatic carbocycles. The van der Waals surface area contributed by atoms with Gasteiger partial charge in [0, 0.05) is 12.3 Å². The molecule has 0 bridgehead atoms. The number of ether oxygens (including phenoxy) is 2. The quantitative estimate of drug-likeness (QED) is 0.631. The minimum atomic E-state index is -0.219. The molecule has 0 amide bonds. The molecule has 2 fully saturated rings. The highest BCUT2D eigenvalue weighted by Crippen LogP contribution is 2.36. The van der Waals surface area contributed by atoms with Gasteiger partial charge in [-0.1, -0.05) is 0 Å². The molecule has 0 spiro atoms. The maximum atomic E-state index is 12.3. The lowest BCUT2D eigenvalue weighted by molar-refractivity contribution is -0.947. The van der Waals surface area contributed by atoms with Crippen molar-refractivity contribution < 1.29 is 18.8 Å². The number of rotatable bonds is 4. The number of nitrogens with zero attached hydrogens (tertiary/aromatic N) is 1. The summed E-state index contributed by atoms with van der Waals surface area (Å²) in [7, 11) is 4.01. The molecule has 3 atom stereocenters. The summed E-state index contributed by atoms with van der Waals surface area (Å²) in [6.07, 6.45) is 6.38. The van der Waals surface area contributed by atoms with E-state index in [0.29, 0.717) is 24.1 Å². The molecule has 0 radical (unpaired) electrons. The molecule has 1 unspecified atom stereocenters. The van der Waals surface area contributed by atoms with Crippen LogP contribution in [0.25, 0.3) is 0 Å². The number of hydrogen-bond acceptors (Lipinski definition) is 3. The number of carbonyl (C=O) groups is 1. The molecule has 3 rings (SSSR count). The van der Waals surface area contributed by atoms with E-state index in [1.807, 2.05) is 0 Å². The highest BCUT2D eigenvalue weighted by Gasteiger charge is 2.43. The molecule has 126 valence electrons. The number of piperidine rings is 2. The minimum Gasteiger partial charge on any atom is -0.497 e. The van der Waals surface area contributed by atoms with E-state index >= 15 is 0 Å². The maximum absolute atomic E-state index is 12.3. The Bertz CT molecular complexity index is 538. The average molecular weight is 318 g/mol. The van der Waals surface area contributed by atoms with Crippen molar-refractivity contribution in [2.75, 3.05) is 33.9 Å². The lowest BCUT2D eigenvalue weighted by Crippen LogP contribution is -2.61. The Hall–Kier alpha value is -1.55. The predicted octanol–water partition coefficient (Wildman–Crippen LogP) is 3.26. The molecule has 2 heterocycles. The van der Waals surface area contributed by atoms with Crippen LogP contribution in [0.5, 0.6) is 5.75 Å². The van der Waals surface area contributed by atoms with E-state index in [1.54, 1.807) is 31.4 Å². The van der Waals surface area contributed by atoms with E-state index in [-0.39, 0.29) is 5.97 Å². The molecule has 4 heteroatoms. The minimum absolute atomic E-state index is 0.219. The van der Waals surface area contributed by atoms with Crippen molar-refractivity contribution in [3.63, 3.8) is 0 Å². The Morgan fingerprint density at radius 3 is 2.61 bits per heavy atom. The maximum Gasteiger partial charge on any atom is 0.338 e. The van der Waals surface area contributed by atoms with Gasteiger partial charge in [-0.2, -0.15) is 0 Å². The zero-order chi connectivity index (χ0) is 16.3. The first-order valence-electron chi connectivity index (χ1n) is 8.78. The summed E-state index contributed by atoms with van der Waals surface area (Å²) in [4.78, 5) is 12.3. The van der Waals surface area contributed by atoms with Gasteiger partial charge in [0.25, 0.3) is 0 Å². The van der Waals surface area contributed by atoms with Crippen molar-refractivity contribution in [1.29, 1.82) is 0 Å². The van der Waals surface area contributed by atoms with Crippen LogP contribution in [0.4, 0.5) is 0 Å². The van der Waals surface area contributed by atoms with Gasteiger partial charge < -0.3 is 14.0 Å². The molecule has 0 N–H and O–H groups in total. The molecule has 0 saturated carbocycles. The van der Waals surface area contributed by atoms with E-state index in [4.69, 9.17) is 9.47 Å². The number of fused-ring (bicyclic) bond motifs is 1. The first-order valence-corrected chi connectivity index (χ1v) is 8.78. The number of methoxy groups -OCH3 is 1. The van der Waals surface area contributed by atoms with Crippen LogP contribution in [0.15, 0.2) is 24.3 Å². The third-order valence-corrected chi connectivity index (χ3v) is 5.76. The summed E-state index contributed by atoms with van der Waals surface area (Å²) in [6, 6.07) is 7.80. The van der Waals surface area contributed by atoms with Crippen LogP contribution in [-0.2, 0) is 4.74 Å². The lowest BCUT2D eigenvalue weighted by Gasteiger charge is -2.51. The highest BCUT2D eigenvalue weighted by atomic mass is 16.5. The summed E-state index contributed by atoms with van der Waals surface area (Å²) in [5, 5.41) is 0. The number of esters is 1. The van der Waals surface area contributed by atoms with E-state index in [2.05, 4.69) is 7.05 Å². The van der Waals surface area contributed by atoms with Gasteiger partial charge in [0.05, 0.1) is 38.9 Å². The molecule has 2 aliphatic rings. The van der Waals surface area contributed by atoms with Gasteiger partial charge >= 0.3 is 5.97 Å². The topological polar surface area (TPSA) is 35.5 Å². The van der Waals surface area contributed by atoms with Gasteiger partial charge in [-0.25, -0.2) is 4.79 Å². The van der Waals surface area contributed by atoms with Crippen LogP contribution < -0.4 is 4.74 Å². The van der Waals surface area contributed by atoms with Gasteiger partial charge in [-0.3, -0.25) is 0 Å². The number of benzene rings is 1. The summed E-state index contributed by atoms with van der Waals surface area (Å²) in [5.74, 6) is 1.04. The van der Waals surface area contributed by atoms with Crippen molar-refractivity contribution in [1.82, 2.24) is 0 Å². The third-order valence-electron chi connectivity index (χ3n) is 5.76.